The fourth-order valence-corrected chi connectivity index (χ4v) is 4.11. The van der Waals surface area contributed by atoms with E-state index in [9.17, 15) is 21.6 Å². The zero-order valence-electron chi connectivity index (χ0n) is 14.9. The second kappa shape index (κ2) is 6.75. The molecule has 0 aromatic heterocycles. The maximum atomic E-state index is 12.4. The second-order valence-electron chi connectivity index (χ2n) is 7.92. The van der Waals surface area contributed by atoms with Crippen LogP contribution in [0.2, 0.25) is 18.1 Å². The normalized spacial score (nSPS) is 31.4. The lowest BCUT2D eigenvalue weighted by Gasteiger charge is -2.39. The predicted molar refractivity (Wildman–Crippen MR) is 86.0 cm³/mol. The standard InChI is InChI=1S/C14H25F3O6SSi/c1-13(2,3)25(4,5)23-10-6-9(11-7-20-11)22-12(10)8-21-24(18,19)14(15,16)17/h9-12H,6-8H2,1-5H3/t9-,10+,11+,12+/m0/s1. The monoisotopic (exact) mass is 406 g/mol. The minimum atomic E-state index is -5.66. The van der Waals surface area contributed by atoms with E-state index in [-0.39, 0.29) is 17.2 Å². The zero-order chi connectivity index (χ0) is 19.3. The van der Waals surface area contributed by atoms with Gasteiger partial charge in [-0.05, 0) is 18.1 Å². The first kappa shape index (κ1) is 21.1. The van der Waals surface area contributed by atoms with Gasteiger partial charge in [0.25, 0.3) is 0 Å². The summed E-state index contributed by atoms with van der Waals surface area (Å²) >= 11 is 0. The van der Waals surface area contributed by atoms with Crippen molar-refractivity contribution >= 4 is 18.4 Å². The van der Waals surface area contributed by atoms with Gasteiger partial charge in [0.1, 0.15) is 12.2 Å². The van der Waals surface area contributed by atoms with E-state index in [4.69, 9.17) is 13.9 Å². The SMILES string of the molecule is CC(C)(C)[Si](C)(C)O[C@@H]1C[C@@H]([C@H]2CO2)O[C@@H]1COS(=O)(=O)C(F)(F)F. The second-order valence-corrected chi connectivity index (χ2v) is 14.3. The molecule has 11 heteroatoms. The van der Waals surface area contributed by atoms with Gasteiger partial charge in [0, 0.05) is 6.42 Å². The molecule has 4 atom stereocenters. The average molecular weight is 406 g/mol. The Hall–Kier alpha value is -0.203. The summed E-state index contributed by atoms with van der Waals surface area (Å²) < 4.78 is 80.9. The van der Waals surface area contributed by atoms with Gasteiger partial charge in [-0.1, -0.05) is 20.8 Å². The van der Waals surface area contributed by atoms with E-state index in [1.54, 1.807) is 0 Å². The van der Waals surface area contributed by atoms with Crippen LogP contribution in [0.1, 0.15) is 27.2 Å². The molecule has 2 fully saturated rings. The molecule has 2 saturated heterocycles. The van der Waals surface area contributed by atoms with Crippen LogP contribution in [0.5, 0.6) is 0 Å². The minimum Gasteiger partial charge on any atom is -0.411 e. The van der Waals surface area contributed by atoms with Crippen LogP contribution in [0, 0.1) is 0 Å². The Kier molecular flexibility index (Phi) is 5.70. The number of ether oxygens (including phenoxy) is 2. The van der Waals surface area contributed by atoms with Crippen molar-refractivity contribution in [3.05, 3.63) is 0 Å². The third-order valence-corrected chi connectivity index (χ3v) is 10.4. The van der Waals surface area contributed by atoms with Crippen LogP contribution in [0.3, 0.4) is 0 Å². The van der Waals surface area contributed by atoms with Gasteiger partial charge in [-0.25, -0.2) is 0 Å². The van der Waals surface area contributed by atoms with Crippen LogP contribution >= 0.6 is 0 Å². The van der Waals surface area contributed by atoms with Crippen molar-refractivity contribution < 1.29 is 39.7 Å². The highest BCUT2D eigenvalue weighted by Gasteiger charge is 2.51. The molecule has 25 heavy (non-hydrogen) atoms. The summed E-state index contributed by atoms with van der Waals surface area (Å²) in [5, 5.41) is -0.107. The Balaban J connectivity index is 2.07. The molecule has 0 aliphatic carbocycles. The van der Waals surface area contributed by atoms with Crippen molar-refractivity contribution in [1.82, 2.24) is 0 Å². The minimum absolute atomic E-state index is 0.107. The molecule has 6 nitrogen and oxygen atoms in total. The Bertz CT molecular complexity index is 582. The maximum Gasteiger partial charge on any atom is 0.523 e. The van der Waals surface area contributed by atoms with Crippen LogP contribution in [-0.4, -0.2) is 59.9 Å². The number of halogens is 3. The molecule has 2 aliphatic heterocycles. The fourth-order valence-electron chi connectivity index (χ4n) is 2.31. The average Bonchev–Trinajstić information content (AvgIpc) is 3.17. The lowest BCUT2D eigenvalue weighted by atomic mass is 10.1. The summed E-state index contributed by atoms with van der Waals surface area (Å²) in [5.74, 6) is 0. The zero-order valence-corrected chi connectivity index (χ0v) is 16.7. The summed E-state index contributed by atoms with van der Waals surface area (Å²) in [4.78, 5) is 0. The van der Waals surface area contributed by atoms with Crippen molar-refractivity contribution in [2.75, 3.05) is 13.2 Å². The van der Waals surface area contributed by atoms with Crippen molar-refractivity contribution in [2.45, 2.75) is 75.2 Å². The third kappa shape index (κ3) is 4.95. The summed E-state index contributed by atoms with van der Waals surface area (Å²) in [6, 6.07) is 0. The van der Waals surface area contributed by atoms with E-state index >= 15 is 0 Å². The van der Waals surface area contributed by atoms with Gasteiger partial charge in [0.05, 0.1) is 25.4 Å². The Morgan fingerprint density at radius 1 is 1.16 bits per heavy atom. The lowest BCUT2D eigenvalue weighted by Crippen LogP contribution is -2.47. The van der Waals surface area contributed by atoms with Crippen molar-refractivity contribution in [3.63, 3.8) is 0 Å². The van der Waals surface area contributed by atoms with E-state index < -0.39 is 42.8 Å². The molecule has 2 heterocycles. The van der Waals surface area contributed by atoms with Crippen LogP contribution in [0.15, 0.2) is 0 Å². The molecular weight excluding hydrogens is 381 g/mol. The fraction of sp³-hybridized carbons (Fsp3) is 1.00. The van der Waals surface area contributed by atoms with Gasteiger partial charge in [-0.2, -0.15) is 21.6 Å². The largest absolute Gasteiger partial charge is 0.523 e. The molecule has 0 amide bonds. The van der Waals surface area contributed by atoms with E-state index in [0.717, 1.165) is 0 Å². The first-order chi connectivity index (χ1) is 11.1. The van der Waals surface area contributed by atoms with Crippen LogP contribution in [0.4, 0.5) is 13.2 Å². The van der Waals surface area contributed by atoms with Gasteiger partial charge < -0.3 is 13.9 Å². The van der Waals surface area contributed by atoms with Gasteiger partial charge in [0.15, 0.2) is 8.32 Å². The molecule has 148 valence electrons. The Morgan fingerprint density at radius 2 is 1.72 bits per heavy atom. The Morgan fingerprint density at radius 3 is 2.16 bits per heavy atom. The lowest BCUT2D eigenvalue weighted by molar-refractivity contribution is -0.0625. The number of hydrogen-bond donors (Lipinski definition) is 0. The quantitative estimate of drug-likeness (QED) is 0.292. The van der Waals surface area contributed by atoms with E-state index in [1.807, 2.05) is 33.9 Å². The molecule has 0 unspecified atom stereocenters. The third-order valence-electron chi connectivity index (χ3n) is 4.93. The van der Waals surface area contributed by atoms with Gasteiger partial charge in [-0.3, -0.25) is 4.18 Å². The summed E-state index contributed by atoms with van der Waals surface area (Å²) in [7, 11) is -7.87. The number of alkyl halides is 3. The first-order valence-electron chi connectivity index (χ1n) is 8.05. The number of hydrogen-bond acceptors (Lipinski definition) is 6. The first-order valence-corrected chi connectivity index (χ1v) is 12.4. The van der Waals surface area contributed by atoms with Gasteiger partial charge in [-0.15, -0.1) is 0 Å². The molecule has 2 aliphatic rings. The van der Waals surface area contributed by atoms with Crippen LogP contribution in [-0.2, 0) is 28.2 Å². The molecule has 0 aromatic rings. The van der Waals surface area contributed by atoms with E-state index in [0.29, 0.717) is 13.0 Å². The molecule has 0 aromatic carbocycles. The van der Waals surface area contributed by atoms with E-state index in [1.165, 1.54) is 0 Å². The van der Waals surface area contributed by atoms with Gasteiger partial charge in [0.2, 0.25) is 0 Å². The molecule has 0 radical (unpaired) electrons. The smallest absolute Gasteiger partial charge is 0.411 e. The molecule has 0 spiro atoms. The topological polar surface area (TPSA) is 74.4 Å². The highest BCUT2D eigenvalue weighted by Crippen LogP contribution is 2.41. The highest BCUT2D eigenvalue weighted by atomic mass is 32.2. The van der Waals surface area contributed by atoms with Crippen LogP contribution in [0.25, 0.3) is 0 Å². The number of epoxide rings is 1. The summed E-state index contributed by atoms with van der Waals surface area (Å²) in [5.41, 5.74) is -5.46. The predicted octanol–water partition coefficient (Wildman–Crippen LogP) is 2.80. The molecule has 0 saturated carbocycles. The molecule has 0 bridgehead atoms. The Labute approximate surface area is 147 Å². The van der Waals surface area contributed by atoms with E-state index in [2.05, 4.69) is 4.18 Å². The molecule has 0 N–H and O–H groups in total. The van der Waals surface area contributed by atoms with Gasteiger partial charge >= 0.3 is 15.6 Å². The maximum absolute atomic E-state index is 12.4. The molecular formula is C14H25F3O6SSi. The van der Waals surface area contributed by atoms with Crippen molar-refractivity contribution in [3.8, 4) is 0 Å². The molecule has 2 rings (SSSR count). The summed E-state index contributed by atoms with van der Waals surface area (Å²) in [6.07, 6.45) is -1.41. The number of rotatable bonds is 6. The van der Waals surface area contributed by atoms with Crippen molar-refractivity contribution in [2.24, 2.45) is 0 Å². The highest BCUT2D eigenvalue weighted by molar-refractivity contribution is 7.87. The van der Waals surface area contributed by atoms with Crippen LogP contribution < -0.4 is 0 Å². The van der Waals surface area contributed by atoms with Crippen molar-refractivity contribution in [1.29, 1.82) is 0 Å². The summed E-state index contributed by atoms with van der Waals surface area (Å²) in [6.45, 7) is 9.93.